The molecule has 0 rings (SSSR count). The van der Waals surface area contributed by atoms with Gasteiger partial charge in [0.25, 0.3) is 0 Å². The van der Waals surface area contributed by atoms with Crippen LogP contribution in [-0.4, -0.2) is 18.1 Å². The van der Waals surface area contributed by atoms with Crippen LogP contribution in [0, 0.1) is 11.8 Å². The van der Waals surface area contributed by atoms with E-state index in [9.17, 15) is 4.79 Å². The molecule has 0 saturated heterocycles. The van der Waals surface area contributed by atoms with Crippen molar-refractivity contribution >= 4 is 5.97 Å². The minimum atomic E-state index is -0.391. The molecule has 1 unspecified atom stereocenters. The number of carbonyl (C=O) groups is 1. The summed E-state index contributed by atoms with van der Waals surface area (Å²) >= 11 is 0. The Bertz CT molecular complexity index is 206. The van der Waals surface area contributed by atoms with Crippen LogP contribution < -0.4 is 5.73 Å². The third-order valence-electron chi connectivity index (χ3n) is 2.48. The van der Waals surface area contributed by atoms with Gasteiger partial charge in [0, 0.05) is 0 Å². The second-order valence-corrected chi connectivity index (χ2v) is 5.67. The van der Waals surface area contributed by atoms with Gasteiger partial charge in [-0.05, 0) is 46.1 Å². The summed E-state index contributed by atoms with van der Waals surface area (Å²) in [6.45, 7) is 10.5. The van der Waals surface area contributed by atoms with Crippen LogP contribution in [-0.2, 0) is 9.53 Å². The Labute approximate surface area is 99.7 Å². The van der Waals surface area contributed by atoms with Crippen molar-refractivity contribution in [2.45, 2.75) is 59.5 Å². The van der Waals surface area contributed by atoms with Crippen LogP contribution in [0.5, 0.6) is 0 Å². The molecule has 96 valence electrons. The molecule has 3 heteroatoms. The van der Waals surface area contributed by atoms with Crippen molar-refractivity contribution in [1.82, 2.24) is 0 Å². The topological polar surface area (TPSA) is 52.3 Å². The van der Waals surface area contributed by atoms with E-state index in [4.69, 9.17) is 10.5 Å². The summed E-state index contributed by atoms with van der Waals surface area (Å²) < 4.78 is 5.42. The number of unbranched alkanes of at least 4 members (excludes halogenated alkanes) is 1. The second kappa shape index (κ2) is 6.89. The molecule has 0 radical (unpaired) electrons. The van der Waals surface area contributed by atoms with Crippen LogP contribution in [0.2, 0.25) is 0 Å². The Morgan fingerprint density at radius 3 is 2.19 bits per heavy atom. The largest absolute Gasteiger partial charge is 0.460 e. The zero-order valence-electron chi connectivity index (χ0n) is 11.4. The summed E-state index contributed by atoms with van der Waals surface area (Å²) in [6.07, 6.45) is 2.86. The average Bonchev–Trinajstić information content (AvgIpc) is 2.08. The summed E-state index contributed by atoms with van der Waals surface area (Å²) in [7, 11) is 0. The lowest BCUT2D eigenvalue weighted by molar-refractivity contribution is -0.162. The number of nitrogens with two attached hydrogens (primary N) is 1. The van der Waals surface area contributed by atoms with E-state index in [-0.39, 0.29) is 11.9 Å². The number of hydrogen-bond donors (Lipinski definition) is 1. The van der Waals surface area contributed by atoms with E-state index >= 15 is 0 Å². The summed E-state index contributed by atoms with van der Waals surface area (Å²) in [5.41, 5.74) is 5.06. The lowest BCUT2D eigenvalue weighted by atomic mass is 9.90. The van der Waals surface area contributed by atoms with Crippen LogP contribution >= 0.6 is 0 Å². The zero-order chi connectivity index (χ0) is 12.8. The molecule has 0 spiro atoms. The van der Waals surface area contributed by atoms with E-state index in [0.29, 0.717) is 12.5 Å². The van der Waals surface area contributed by atoms with Gasteiger partial charge in [-0.3, -0.25) is 4.79 Å². The molecular formula is C13H27NO2. The highest BCUT2D eigenvalue weighted by Crippen LogP contribution is 2.22. The quantitative estimate of drug-likeness (QED) is 0.563. The normalized spacial score (nSPS) is 13.9. The number of hydrogen-bond acceptors (Lipinski definition) is 3. The Balaban J connectivity index is 4.25. The summed E-state index contributed by atoms with van der Waals surface area (Å²) in [5.74, 6) is 0.262. The second-order valence-electron chi connectivity index (χ2n) is 5.67. The van der Waals surface area contributed by atoms with Crippen LogP contribution in [0.4, 0.5) is 0 Å². The third-order valence-corrected chi connectivity index (χ3v) is 2.48. The first-order valence-corrected chi connectivity index (χ1v) is 6.21. The SMILES string of the molecule is CC(C)C(CCCCN)C(=O)OC(C)(C)C. The lowest BCUT2D eigenvalue weighted by Crippen LogP contribution is -2.31. The van der Waals surface area contributed by atoms with Gasteiger partial charge in [0.2, 0.25) is 0 Å². The van der Waals surface area contributed by atoms with Crippen LogP contribution in [0.25, 0.3) is 0 Å². The molecule has 0 aromatic carbocycles. The highest BCUT2D eigenvalue weighted by atomic mass is 16.6. The summed E-state index contributed by atoms with van der Waals surface area (Å²) in [6, 6.07) is 0. The summed E-state index contributed by atoms with van der Waals surface area (Å²) in [4.78, 5) is 11.9. The fraction of sp³-hybridized carbons (Fsp3) is 0.923. The van der Waals surface area contributed by atoms with E-state index in [1.165, 1.54) is 0 Å². The molecule has 0 saturated carbocycles. The van der Waals surface area contributed by atoms with E-state index in [0.717, 1.165) is 19.3 Å². The van der Waals surface area contributed by atoms with Gasteiger partial charge in [-0.15, -0.1) is 0 Å². The maximum atomic E-state index is 11.9. The van der Waals surface area contributed by atoms with Crippen molar-refractivity contribution in [3.8, 4) is 0 Å². The van der Waals surface area contributed by atoms with Crippen molar-refractivity contribution in [2.24, 2.45) is 17.6 Å². The average molecular weight is 229 g/mol. The van der Waals surface area contributed by atoms with Crippen LogP contribution in [0.15, 0.2) is 0 Å². The molecule has 0 aromatic rings. The van der Waals surface area contributed by atoms with E-state index in [2.05, 4.69) is 13.8 Å². The van der Waals surface area contributed by atoms with Crippen LogP contribution in [0.3, 0.4) is 0 Å². The van der Waals surface area contributed by atoms with Crippen molar-refractivity contribution in [3.05, 3.63) is 0 Å². The van der Waals surface area contributed by atoms with Gasteiger partial charge >= 0.3 is 5.97 Å². The fourth-order valence-corrected chi connectivity index (χ4v) is 1.61. The Morgan fingerprint density at radius 1 is 1.25 bits per heavy atom. The maximum Gasteiger partial charge on any atom is 0.309 e. The third kappa shape index (κ3) is 6.83. The van der Waals surface area contributed by atoms with Crippen molar-refractivity contribution in [2.75, 3.05) is 6.54 Å². The zero-order valence-corrected chi connectivity index (χ0v) is 11.4. The molecule has 3 nitrogen and oxygen atoms in total. The number of ether oxygens (including phenoxy) is 1. The molecule has 0 bridgehead atoms. The lowest BCUT2D eigenvalue weighted by Gasteiger charge is -2.25. The molecule has 0 aromatic heterocycles. The highest BCUT2D eigenvalue weighted by molar-refractivity contribution is 5.73. The Morgan fingerprint density at radius 2 is 1.81 bits per heavy atom. The Hall–Kier alpha value is -0.570. The van der Waals surface area contributed by atoms with Gasteiger partial charge in [-0.1, -0.05) is 20.3 Å². The molecule has 1 atom stereocenters. The van der Waals surface area contributed by atoms with Gasteiger partial charge in [0.05, 0.1) is 5.92 Å². The number of esters is 1. The first-order valence-electron chi connectivity index (χ1n) is 6.21. The van der Waals surface area contributed by atoms with Gasteiger partial charge < -0.3 is 10.5 Å². The van der Waals surface area contributed by atoms with Gasteiger partial charge in [-0.25, -0.2) is 0 Å². The number of carbonyl (C=O) groups excluding carboxylic acids is 1. The predicted molar refractivity (Wildman–Crippen MR) is 67.1 cm³/mol. The van der Waals surface area contributed by atoms with Crippen molar-refractivity contribution < 1.29 is 9.53 Å². The Kier molecular flexibility index (Phi) is 6.65. The molecule has 0 heterocycles. The minimum Gasteiger partial charge on any atom is -0.460 e. The summed E-state index contributed by atoms with van der Waals surface area (Å²) in [5, 5.41) is 0. The van der Waals surface area contributed by atoms with Gasteiger partial charge in [0.15, 0.2) is 0 Å². The number of rotatable bonds is 6. The van der Waals surface area contributed by atoms with Crippen LogP contribution in [0.1, 0.15) is 53.9 Å². The van der Waals surface area contributed by atoms with Crippen molar-refractivity contribution in [1.29, 1.82) is 0 Å². The molecular weight excluding hydrogens is 202 g/mol. The van der Waals surface area contributed by atoms with Crippen molar-refractivity contribution in [3.63, 3.8) is 0 Å². The molecule has 0 aliphatic carbocycles. The molecule has 0 amide bonds. The smallest absolute Gasteiger partial charge is 0.309 e. The molecule has 16 heavy (non-hydrogen) atoms. The maximum absolute atomic E-state index is 11.9. The first kappa shape index (κ1) is 15.4. The highest BCUT2D eigenvalue weighted by Gasteiger charge is 2.26. The monoisotopic (exact) mass is 229 g/mol. The first-order chi connectivity index (χ1) is 7.28. The molecule has 2 N–H and O–H groups in total. The minimum absolute atomic E-state index is 0.00535. The van der Waals surface area contributed by atoms with E-state index < -0.39 is 5.60 Å². The van der Waals surface area contributed by atoms with E-state index in [1.54, 1.807) is 0 Å². The predicted octanol–water partition coefficient (Wildman–Crippen LogP) is 2.73. The van der Waals surface area contributed by atoms with Gasteiger partial charge in [0.1, 0.15) is 5.60 Å². The van der Waals surface area contributed by atoms with Gasteiger partial charge in [-0.2, -0.15) is 0 Å². The molecule has 0 fully saturated rings. The standard InChI is InChI=1S/C13H27NO2/c1-10(2)11(8-6-7-9-14)12(15)16-13(3,4)5/h10-11H,6-9,14H2,1-5H3. The molecule has 0 aliphatic rings. The van der Waals surface area contributed by atoms with E-state index in [1.807, 2.05) is 20.8 Å². The molecule has 0 aliphatic heterocycles. The fourth-order valence-electron chi connectivity index (χ4n) is 1.61.